The third-order valence-electron chi connectivity index (χ3n) is 22.4. The van der Waals surface area contributed by atoms with E-state index in [2.05, 4.69) is 67.9 Å². The predicted octanol–water partition coefficient (Wildman–Crippen LogP) is 21.6. The van der Waals surface area contributed by atoms with Crippen molar-refractivity contribution in [2.45, 2.75) is 48.3 Å². The summed E-state index contributed by atoms with van der Waals surface area (Å²) in [6, 6.07) is 43.8. The molecule has 0 unspecified atom stereocenters. The summed E-state index contributed by atoms with van der Waals surface area (Å²) in [6.07, 6.45) is -1.74. The molecule has 136 heavy (non-hydrogen) atoms. The van der Waals surface area contributed by atoms with Gasteiger partial charge in [0.05, 0.1) is 76.4 Å². The van der Waals surface area contributed by atoms with Gasteiger partial charge >= 0.3 is 37.9 Å². The van der Waals surface area contributed by atoms with Gasteiger partial charge in [-0.25, -0.2) is 40.9 Å². The van der Waals surface area contributed by atoms with Gasteiger partial charge in [0.1, 0.15) is 146 Å². The van der Waals surface area contributed by atoms with Crippen molar-refractivity contribution in [1.29, 1.82) is 57.9 Å². The molecule has 0 saturated carbocycles. The van der Waals surface area contributed by atoms with Crippen LogP contribution in [0, 0.1) is 219 Å². The number of benzene rings is 9. The molecule has 0 aromatic heterocycles. The summed E-state index contributed by atoms with van der Waals surface area (Å²) in [6.45, 7) is 68.9. The van der Waals surface area contributed by atoms with Gasteiger partial charge in [0.25, 0.3) is 0 Å². The van der Waals surface area contributed by atoms with Crippen LogP contribution in [0.3, 0.4) is 0 Å². The van der Waals surface area contributed by atoms with Crippen molar-refractivity contribution in [2.75, 3.05) is 0 Å². The first-order chi connectivity index (χ1) is 64.4. The van der Waals surface area contributed by atoms with E-state index in [0.29, 0.717) is 98.8 Å². The summed E-state index contributed by atoms with van der Waals surface area (Å²) in [4.78, 5) is 22.8. The van der Waals surface area contributed by atoms with Gasteiger partial charge in [0, 0.05) is 51.6 Å². The van der Waals surface area contributed by atoms with Crippen LogP contribution in [0.5, 0.6) is 0 Å². The van der Waals surface area contributed by atoms with Gasteiger partial charge in [-0.3, -0.25) is 0 Å². The molecule has 38 heteroatoms. The minimum atomic E-state index is -11.1. The predicted molar refractivity (Wildman–Crippen MR) is 456 cm³/mol. The summed E-state index contributed by atoms with van der Waals surface area (Å²) in [5.41, 5.74) is -0.323. The number of nitriles is 11. The summed E-state index contributed by atoms with van der Waals surface area (Å²) < 4.78 is 225. The van der Waals surface area contributed by atoms with Crippen molar-refractivity contribution in [1.82, 2.24) is 0 Å². The zero-order valence-corrected chi connectivity index (χ0v) is 69.2. The Morgan fingerprint density at radius 1 is 0.257 bits per heavy atom. The third kappa shape index (κ3) is 15.8. The molecule has 0 aliphatic heterocycles. The number of nitrogens with zero attached hydrogens (tertiary/aromatic N) is 20. The van der Waals surface area contributed by atoms with Crippen LogP contribution in [0.15, 0.2) is 199 Å². The molecule has 0 spiro atoms. The van der Waals surface area contributed by atoms with Crippen LogP contribution in [0.2, 0.25) is 0 Å². The Balaban J connectivity index is 0.000000175. The van der Waals surface area contributed by atoms with Crippen LogP contribution >= 0.6 is 20.4 Å². The lowest BCUT2D eigenvalue weighted by Gasteiger charge is -2.40. The average Bonchev–Trinajstić information content (AvgIpc) is 1.61. The molecule has 9 aromatic carbocycles. The molecule has 648 valence electrons. The van der Waals surface area contributed by atoms with Crippen molar-refractivity contribution in [3.8, 4) is 134 Å². The lowest BCUT2D eigenvalue weighted by atomic mass is 9.86. The van der Waals surface area contributed by atoms with E-state index >= 15 is 17.6 Å². The van der Waals surface area contributed by atoms with Crippen LogP contribution in [-0.4, -0.2) is 0 Å². The Kier molecular flexibility index (Phi) is 22.9. The average molecular weight is 1860 g/mol. The highest BCUT2D eigenvalue weighted by Gasteiger charge is 2.70. The number of halogens is 16. The Labute approximate surface area is 757 Å². The molecule has 0 heterocycles. The smallest absolute Gasteiger partial charge is 0.238 e. The molecule has 0 N–H and O–H groups in total. The molecule has 0 radical (unpaired) electrons. The first-order valence-electron chi connectivity index (χ1n) is 37.7. The third-order valence-corrected chi connectivity index (χ3v) is 24.7. The molecule has 6 aliphatic carbocycles. The van der Waals surface area contributed by atoms with Gasteiger partial charge in [-0.15, -0.1) is 0 Å². The van der Waals surface area contributed by atoms with Crippen LogP contribution in [0.4, 0.5) is 65.2 Å². The van der Waals surface area contributed by atoms with Crippen LogP contribution in [0.1, 0.15) is 44.5 Å². The first-order valence-corrected chi connectivity index (χ1v) is 41.6. The van der Waals surface area contributed by atoms with Crippen molar-refractivity contribution in [2.24, 2.45) is 0 Å². The monoisotopic (exact) mass is 1860 g/mol. The number of allylic oxidation sites excluding steroid dienone is 6. The fourth-order valence-electron chi connectivity index (χ4n) is 17.3. The highest BCUT2D eigenvalue weighted by molar-refractivity contribution is 8.46. The minimum Gasteiger partial charge on any atom is -0.238 e. The molecular weight excluding hydrogens is 1830 g/mol. The van der Waals surface area contributed by atoms with Crippen LogP contribution < -0.4 is 31.3 Å². The van der Waals surface area contributed by atoms with Crippen molar-refractivity contribution in [3.63, 3.8) is 0 Å². The maximum absolute atomic E-state index is 15.1. The topological polar surface area (TPSA) is 301 Å². The van der Waals surface area contributed by atoms with E-state index in [4.69, 9.17) is 59.1 Å². The summed E-state index contributed by atoms with van der Waals surface area (Å²) in [5, 5.41) is 108. The molecule has 9 aromatic rings. The molecule has 0 fully saturated rings. The van der Waals surface area contributed by atoms with Crippen molar-refractivity contribution >= 4 is 54.3 Å². The van der Waals surface area contributed by atoms with Crippen LogP contribution in [-0.2, 0) is 38.5 Å². The molecule has 0 atom stereocenters. The Hall–Kier alpha value is -20.0. The van der Waals surface area contributed by atoms with Gasteiger partial charge in [0.2, 0.25) is 0 Å². The molecule has 0 bridgehead atoms. The SMILES string of the molecule is [C-]#[N+]C([N+]#[C-])=C1Cc2c(-c3cc(F)c(S(F)(F)(F)(F)F)c(F)c3)c3c(c(-c4cc(F)c(S(F)(F)(F)(F)F)c(F)c4)c2=C1[N+]#[C-])CC(=C(C#N)C#N)C=3C#N.[C-]#[N+]C([N+]#[C-])=C1Cc2c(-c3ccc(C#N)cc3)c3c(c(-c4ccc(C#N)cc4)c2=C1[N+]#[C-])CC(=C(C#N)C#N)C=3C#N.[C-]#[N+]C([N+]#[C-])=C1Cc2c(-c3ccc(F)cc3)c3c(c(-c4ccc(F)cc4)c2=C1[N+]#[C-])CC(=C(C#N)C#N)C=3C#N. The lowest BCUT2D eigenvalue weighted by molar-refractivity contribution is 0.341. The van der Waals surface area contributed by atoms with E-state index in [-0.39, 0.29) is 118 Å². The second-order valence-corrected chi connectivity index (χ2v) is 34.1. The molecule has 6 aliphatic rings. The van der Waals surface area contributed by atoms with Crippen molar-refractivity contribution in [3.05, 3.63) is 402 Å². The molecule has 0 amide bonds. The van der Waals surface area contributed by atoms with Gasteiger partial charge in [-0.05, 0) is 208 Å². The number of fused-ring (bicyclic) bond motifs is 6. The second kappa shape index (κ2) is 33.3. The highest BCUT2D eigenvalue weighted by Crippen LogP contribution is 3.03. The fraction of sp³-hybridized carbons (Fsp3) is 0.0612. The van der Waals surface area contributed by atoms with E-state index in [0.717, 1.165) is 0 Å². The second-order valence-electron chi connectivity index (χ2n) is 29.5. The molecule has 0 saturated heterocycles. The van der Waals surface area contributed by atoms with E-state index < -0.39 is 156 Å². The minimum absolute atomic E-state index is 0.00564. The summed E-state index contributed by atoms with van der Waals surface area (Å²) >= 11 is 0. The Bertz CT molecular complexity index is 8240. The standard InChI is InChI=1S/C34H12N8.C32H8F14N6S2.C32H12F2N6/c1-40-33-27(34(41-2)42-3)13-26-29(21-8-4-19(14-35)5-9-21)31-25(12-24(28(31)18-39)23(16-37)17-38)30(32(26)33)22-10-6-20(15-36)7-11-22;1-50-29-19(32(51-2)52-3)9-18-25(13-4-21(33)30(22(34)5-13)53(37,38,39,40)41)27-17(8-16(20(27)12-49)15(10-47)11-48)26(28(18)29)14-6-23(35)31(24(36)7-14)54(42,43,44,45)46;1-38-31-25(32(39-2)40-3)13-24-27(17-4-8-20(33)9-5-17)29-23(12-22(26(29)16-37)19(14-35)15-36)28(30(24)31)18-6-10-21(34)11-7-18/h4-11H,12-13H2;4-7H,8-9H2;4-11H,12-13H2. The number of hydrogen-bond donors (Lipinski definition) is 0. The molecule has 15 rings (SSSR count). The maximum Gasteiger partial charge on any atom is 0.512 e. The largest absolute Gasteiger partial charge is 0.512 e. The van der Waals surface area contributed by atoms with E-state index in [1.807, 2.05) is 24.3 Å². The highest BCUT2D eigenvalue weighted by atomic mass is 32.5. The molecular formula is C98H32F16N20S2. The van der Waals surface area contributed by atoms with E-state index in [1.165, 1.54) is 66.7 Å². The van der Waals surface area contributed by atoms with Gasteiger partial charge in [-0.2, -0.15) is 87.0 Å². The zero-order chi connectivity index (χ0) is 99.4. The number of hydrogen-bond acceptors (Lipinski definition) is 11. The van der Waals surface area contributed by atoms with Gasteiger partial charge in [0.15, 0.2) is 26.9 Å². The van der Waals surface area contributed by atoms with E-state index in [9.17, 15) is 106 Å². The maximum atomic E-state index is 15.1. The normalized spacial score (nSPS) is 13.9. The summed E-state index contributed by atoms with van der Waals surface area (Å²) in [5.74, 6) is -14.1. The first kappa shape index (κ1) is 93.7. The fourth-order valence-corrected chi connectivity index (χ4v) is 19.0. The van der Waals surface area contributed by atoms with Gasteiger partial charge < -0.3 is 0 Å². The Morgan fingerprint density at radius 2 is 0.456 bits per heavy atom. The lowest BCUT2D eigenvalue weighted by Crippen LogP contribution is -2.25. The zero-order valence-electron chi connectivity index (χ0n) is 67.6. The number of rotatable bonds is 8. The Morgan fingerprint density at radius 3 is 0.654 bits per heavy atom. The van der Waals surface area contributed by atoms with Gasteiger partial charge in [-0.1, -0.05) is 87.4 Å². The van der Waals surface area contributed by atoms with E-state index in [1.54, 1.807) is 48.5 Å². The molecule has 20 nitrogen and oxygen atoms in total. The van der Waals surface area contributed by atoms with Crippen molar-refractivity contribution < 1.29 is 65.2 Å². The quantitative estimate of drug-likeness (QED) is 0.0782. The summed E-state index contributed by atoms with van der Waals surface area (Å²) in [7, 11) is -22.3. The van der Waals surface area contributed by atoms with Crippen LogP contribution in [0.25, 0.3) is 144 Å².